The van der Waals surface area contributed by atoms with Crippen LogP contribution >= 0.6 is 11.6 Å². The minimum Gasteiger partial charge on any atom is -0.370 e. The molecule has 0 fully saturated rings. The molecule has 2 heterocycles. The minimum atomic E-state index is -0.341. The Hall–Kier alpha value is -1.56. The second-order valence-electron chi connectivity index (χ2n) is 5.05. The molecule has 1 amide bonds. The first-order valence-electron chi connectivity index (χ1n) is 6.74. The molecule has 2 aromatic heterocycles. The molecule has 0 radical (unpaired) electrons. The Morgan fingerprint density at radius 3 is 2.60 bits per heavy atom. The number of imidazole rings is 1. The Bertz CT molecular complexity index is 643. The molecule has 0 bridgehead atoms. The molecule has 20 heavy (non-hydrogen) atoms. The van der Waals surface area contributed by atoms with Crippen molar-refractivity contribution >= 4 is 28.7 Å². The Morgan fingerprint density at radius 1 is 1.45 bits per heavy atom. The predicted molar refractivity (Wildman–Crippen MR) is 78.7 cm³/mol. The maximum atomic E-state index is 11.2. The number of aromatic nitrogens is 4. The highest BCUT2D eigenvalue weighted by molar-refractivity contribution is 6.20. The van der Waals surface area contributed by atoms with Gasteiger partial charge in [0.2, 0.25) is 5.91 Å². The molecule has 0 aliphatic carbocycles. The third-order valence-electron chi connectivity index (χ3n) is 3.36. The van der Waals surface area contributed by atoms with Gasteiger partial charge in [-0.05, 0) is 27.7 Å². The summed E-state index contributed by atoms with van der Waals surface area (Å²) in [6.07, 6.45) is 0.246. The lowest BCUT2D eigenvalue weighted by molar-refractivity contribution is -0.118. The van der Waals surface area contributed by atoms with Crippen molar-refractivity contribution in [3.63, 3.8) is 0 Å². The number of hydrogen-bond donors (Lipinski definition) is 1. The van der Waals surface area contributed by atoms with Crippen molar-refractivity contribution in [1.29, 1.82) is 0 Å². The summed E-state index contributed by atoms with van der Waals surface area (Å²) < 4.78 is 3.87. The topological polar surface area (TPSA) is 78.7 Å². The molecule has 7 heteroatoms. The van der Waals surface area contributed by atoms with Crippen molar-refractivity contribution in [1.82, 2.24) is 19.3 Å². The second-order valence-corrected chi connectivity index (χ2v) is 5.70. The fourth-order valence-corrected chi connectivity index (χ4v) is 2.68. The maximum absolute atomic E-state index is 11.2. The van der Waals surface area contributed by atoms with Crippen molar-refractivity contribution in [2.45, 2.75) is 52.1 Å². The summed E-state index contributed by atoms with van der Waals surface area (Å²) >= 11 is 6.24. The number of rotatable bonds is 5. The fourth-order valence-electron chi connectivity index (χ4n) is 2.52. The molecule has 0 aromatic carbocycles. The van der Waals surface area contributed by atoms with Gasteiger partial charge in [0.1, 0.15) is 11.3 Å². The zero-order valence-electron chi connectivity index (χ0n) is 12.2. The largest absolute Gasteiger partial charge is 0.370 e. The smallest absolute Gasteiger partial charge is 0.219 e. The summed E-state index contributed by atoms with van der Waals surface area (Å²) in [6.45, 7) is 8.49. The quantitative estimate of drug-likeness (QED) is 0.860. The number of carbonyl (C=O) groups is 1. The highest BCUT2D eigenvalue weighted by atomic mass is 35.5. The van der Waals surface area contributed by atoms with Crippen LogP contribution in [0.25, 0.3) is 11.2 Å². The van der Waals surface area contributed by atoms with Crippen LogP contribution in [0.15, 0.2) is 0 Å². The van der Waals surface area contributed by atoms with Gasteiger partial charge in [0, 0.05) is 19.0 Å². The Morgan fingerprint density at radius 2 is 2.10 bits per heavy atom. The van der Waals surface area contributed by atoms with E-state index in [0.717, 1.165) is 29.2 Å². The zero-order valence-corrected chi connectivity index (χ0v) is 13.0. The number of nitrogens with zero attached hydrogens (tertiary/aromatic N) is 4. The van der Waals surface area contributed by atoms with Crippen molar-refractivity contribution in [3.8, 4) is 0 Å². The van der Waals surface area contributed by atoms with E-state index in [9.17, 15) is 4.79 Å². The third-order valence-corrected chi connectivity index (χ3v) is 3.56. The van der Waals surface area contributed by atoms with Crippen LogP contribution in [0.5, 0.6) is 0 Å². The number of nitrogens with two attached hydrogens (primary N) is 1. The van der Waals surface area contributed by atoms with Gasteiger partial charge in [0.05, 0.1) is 11.1 Å². The van der Waals surface area contributed by atoms with Gasteiger partial charge >= 0.3 is 0 Å². The number of fused-ring (bicyclic) bond motifs is 1. The number of amides is 1. The van der Waals surface area contributed by atoms with E-state index in [1.54, 1.807) is 0 Å². The molecule has 0 spiro atoms. The van der Waals surface area contributed by atoms with E-state index in [4.69, 9.17) is 17.3 Å². The number of halogens is 1. The number of alkyl halides is 1. The lowest BCUT2D eigenvalue weighted by Crippen LogP contribution is -2.20. The molecule has 0 aliphatic rings. The zero-order chi connectivity index (χ0) is 15.0. The van der Waals surface area contributed by atoms with Crippen LogP contribution in [0.1, 0.15) is 50.1 Å². The molecule has 2 unspecified atom stereocenters. The lowest BCUT2D eigenvalue weighted by Gasteiger charge is -2.17. The first-order chi connectivity index (χ1) is 9.36. The average Bonchev–Trinajstić information content (AvgIpc) is 2.86. The summed E-state index contributed by atoms with van der Waals surface area (Å²) in [5.74, 6) is 0.407. The van der Waals surface area contributed by atoms with E-state index in [0.29, 0.717) is 0 Å². The molecule has 0 saturated carbocycles. The monoisotopic (exact) mass is 297 g/mol. The number of hydrogen-bond acceptors (Lipinski definition) is 3. The van der Waals surface area contributed by atoms with E-state index in [-0.39, 0.29) is 23.7 Å². The summed E-state index contributed by atoms with van der Waals surface area (Å²) in [7, 11) is 0. The molecule has 2 rings (SSSR count). The molecule has 0 aliphatic heterocycles. The normalized spacial score (nSPS) is 14.7. The standard InChI is InChI=1S/C13H20ClN5O/c1-5-18-13-11(9(4)17-18)16-12(8(3)14)19(13)7(2)6-10(15)20/h7-8H,5-6H2,1-4H3,(H2,15,20). The van der Waals surface area contributed by atoms with Gasteiger partial charge in [-0.2, -0.15) is 5.10 Å². The number of primary amides is 1. The van der Waals surface area contributed by atoms with Crippen LogP contribution in [0.4, 0.5) is 0 Å². The van der Waals surface area contributed by atoms with Gasteiger partial charge in [-0.25, -0.2) is 9.67 Å². The number of aryl methyl sites for hydroxylation is 2. The van der Waals surface area contributed by atoms with Crippen molar-refractivity contribution < 1.29 is 4.79 Å². The van der Waals surface area contributed by atoms with Crippen LogP contribution in [-0.4, -0.2) is 25.2 Å². The van der Waals surface area contributed by atoms with Crippen molar-refractivity contribution in [2.75, 3.05) is 0 Å². The molecular formula is C13H20ClN5O. The van der Waals surface area contributed by atoms with Gasteiger partial charge in [0.15, 0.2) is 5.65 Å². The van der Waals surface area contributed by atoms with Crippen LogP contribution in [-0.2, 0) is 11.3 Å². The van der Waals surface area contributed by atoms with Gasteiger partial charge in [-0.1, -0.05) is 0 Å². The van der Waals surface area contributed by atoms with Crippen LogP contribution in [0, 0.1) is 6.92 Å². The van der Waals surface area contributed by atoms with E-state index in [1.165, 1.54) is 0 Å². The summed E-state index contributed by atoms with van der Waals surface area (Å²) in [4.78, 5) is 15.8. The van der Waals surface area contributed by atoms with Crippen molar-refractivity contribution in [3.05, 3.63) is 11.5 Å². The molecule has 2 N–H and O–H groups in total. The third kappa shape index (κ3) is 2.40. The first kappa shape index (κ1) is 14.8. The van der Waals surface area contributed by atoms with Gasteiger partial charge in [-0.3, -0.25) is 4.79 Å². The van der Waals surface area contributed by atoms with Crippen LogP contribution in [0.3, 0.4) is 0 Å². The lowest BCUT2D eigenvalue weighted by atomic mass is 10.2. The fraction of sp³-hybridized carbons (Fsp3) is 0.615. The summed E-state index contributed by atoms with van der Waals surface area (Å²) in [5, 5.41) is 4.22. The molecule has 2 atom stereocenters. The SMILES string of the molecule is CCn1nc(C)c2nc(C(C)Cl)n(C(C)CC(N)=O)c21. The molecule has 0 saturated heterocycles. The van der Waals surface area contributed by atoms with Gasteiger partial charge in [0.25, 0.3) is 0 Å². The van der Waals surface area contributed by atoms with Crippen molar-refractivity contribution in [2.24, 2.45) is 5.73 Å². The Kier molecular flexibility index (Phi) is 4.04. The minimum absolute atomic E-state index is 0.102. The molecule has 2 aromatic rings. The van der Waals surface area contributed by atoms with E-state index < -0.39 is 0 Å². The second kappa shape index (κ2) is 5.44. The highest BCUT2D eigenvalue weighted by Crippen LogP contribution is 2.30. The highest BCUT2D eigenvalue weighted by Gasteiger charge is 2.24. The van der Waals surface area contributed by atoms with Gasteiger partial charge < -0.3 is 10.3 Å². The summed E-state index contributed by atoms with van der Waals surface area (Å²) in [6, 6.07) is -0.102. The van der Waals surface area contributed by atoms with Crippen LogP contribution in [0.2, 0.25) is 0 Å². The van der Waals surface area contributed by atoms with E-state index in [2.05, 4.69) is 10.1 Å². The molecule has 6 nitrogen and oxygen atoms in total. The van der Waals surface area contributed by atoms with Crippen LogP contribution < -0.4 is 5.73 Å². The Labute approximate surface area is 122 Å². The number of carbonyl (C=O) groups excluding carboxylic acids is 1. The first-order valence-corrected chi connectivity index (χ1v) is 7.18. The van der Waals surface area contributed by atoms with E-state index >= 15 is 0 Å². The summed E-state index contributed by atoms with van der Waals surface area (Å²) in [5.41, 5.74) is 7.93. The molecule has 110 valence electrons. The Balaban J connectivity index is 2.69. The predicted octanol–water partition coefficient (Wildman–Crippen LogP) is 2.30. The van der Waals surface area contributed by atoms with E-state index in [1.807, 2.05) is 36.9 Å². The maximum Gasteiger partial charge on any atom is 0.219 e. The van der Waals surface area contributed by atoms with Gasteiger partial charge in [-0.15, -0.1) is 11.6 Å². The average molecular weight is 298 g/mol. The molecular weight excluding hydrogens is 278 g/mol.